The van der Waals surface area contributed by atoms with Crippen molar-refractivity contribution < 1.29 is 32.9 Å². The Hall–Kier alpha value is -1.80. The normalized spacial score (nSPS) is 14.5. The van der Waals surface area contributed by atoms with Crippen LogP contribution in [-0.2, 0) is 18.4 Å². The summed E-state index contributed by atoms with van der Waals surface area (Å²) in [4.78, 5) is 23.2. The molecule has 8 nitrogen and oxygen atoms in total. The van der Waals surface area contributed by atoms with Crippen LogP contribution in [-0.4, -0.2) is 73.4 Å². The fourth-order valence-electron chi connectivity index (χ4n) is 7.56. The molecule has 0 aliphatic carbocycles. The molecule has 0 aliphatic rings. The van der Waals surface area contributed by atoms with Crippen LogP contribution in [0, 0.1) is 0 Å². The van der Waals surface area contributed by atoms with Crippen molar-refractivity contribution in [3.05, 3.63) is 60.8 Å². The Morgan fingerprint density at radius 1 is 0.547 bits per heavy atom. The van der Waals surface area contributed by atoms with Gasteiger partial charge in [-0.25, -0.2) is 4.57 Å². The summed E-state index contributed by atoms with van der Waals surface area (Å²) in [6, 6.07) is -0.846. The number of quaternary nitrogens is 1. The summed E-state index contributed by atoms with van der Waals surface area (Å²) in [5.74, 6) is -0.178. The van der Waals surface area contributed by atoms with E-state index in [-0.39, 0.29) is 19.1 Å². The Morgan fingerprint density at radius 2 is 0.938 bits per heavy atom. The molecule has 0 saturated carbocycles. The van der Waals surface area contributed by atoms with Crippen molar-refractivity contribution in [2.75, 3.05) is 40.9 Å². The predicted molar refractivity (Wildman–Crippen MR) is 277 cm³/mol. The molecular formula is C55H104N2O6P+. The maximum atomic E-state index is 12.9. The number of carbonyl (C=O) groups excluding carboxylic acids is 1. The lowest BCUT2D eigenvalue weighted by Gasteiger charge is -2.25. The van der Waals surface area contributed by atoms with E-state index in [9.17, 15) is 19.4 Å². The molecule has 0 aromatic heterocycles. The van der Waals surface area contributed by atoms with Gasteiger partial charge in [-0.1, -0.05) is 229 Å². The summed E-state index contributed by atoms with van der Waals surface area (Å²) in [5, 5.41) is 13.9. The molecule has 1 amide bonds. The van der Waals surface area contributed by atoms with Gasteiger partial charge in [0, 0.05) is 6.42 Å². The van der Waals surface area contributed by atoms with E-state index in [0.717, 1.165) is 64.2 Å². The average molecular weight is 920 g/mol. The van der Waals surface area contributed by atoms with Gasteiger partial charge in [0.25, 0.3) is 0 Å². The molecule has 0 aliphatic heterocycles. The number of likely N-dealkylation sites (N-methyl/N-ethyl adjacent to an activating group) is 1. The Morgan fingerprint density at radius 3 is 1.38 bits per heavy atom. The molecule has 64 heavy (non-hydrogen) atoms. The number of phosphoric acid groups is 1. The summed E-state index contributed by atoms with van der Waals surface area (Å²) in [6.45, 7) is 4.70. The zero-order valence-corrected chi connectivity index (χ0v) is 43.4. The van der Waals surface area contributed by atoms with Crippen molar-refractivity contribution in [2.24, 2.45) is 0 Å². The van der Waals surface area contributed by atoms with E-state index in [1.165, 1.54) is 148 Å². The molecule has 0 heterocycles. The van der Waals surface area contributed by atoms with Crippen molar-refractivity contribution >= 4 is 13.7 Å². The smallest absolute Gasteiger partial charge is 0.387 e. The number of nitrogens with zero attached hydrogens (tertiary/aromatic N) is 1. The third-order valence-electron chi connectivity index (χ3n) is 11.7. The van der Waals surface area contributed by atoms with Crippen LogP contribution in [0.4, 0.5) is 0 Å². The van der Waals surface area contributed by atoms with Crippen LogP contribution in [0.15, 0.2) is 60.8 Å². The van der Waals surface area contributed by atoms with E-state index < -0.39 is 20.0 Å². The SMILES string of the molecule is CC/C=C\C/C=C\C/C=C\C/C=C\CCCCCCCCCCCCCCCCCCC(=O)NC(COP(=O)(O)OCC[N+](C)(C)C)C(O)/C=C/CCCCCCCCCCCCC. The molecular weight excluding hydrogens is 816 g/mol. The second-order valence-corrected chi connectivity index (χ2v) is 20.7. The largest absolute Gasteiger partial charge is 0.472 e. The molecule has 0 aromatic carbocycles. The van der Waals surface area contributed by atoms with Gasteiger partial charge in [-0.15, -0.1) is 0 Å². The fourth-order valence-corrected chi connectivity index (χ4v) is 8.30. The summed E-state index contributed by atoms with van der Waals surface area (Å²) in [5.41, 5.74) is 0. The molecule has 3 unspecified atom stereocenters. The molecule has 9 heteroatoms. The number of rotatable bonds is 48. The van der Waals surface area contributed by atoms with Gasteiger partial charge in [-0.05, 0) is 57.8 Å². The number of aliphatic hydroxyl groups excluding tert-OH is 1. The van der Waals surface area contributed by atoms with Gasteiger partial charge in [-0.3, -0.25) is 13.8 Å². The van der Waals surface area contributed by atoms with Crippen LogP contribution < -0.4 is 5.32 Å². The Kier molecular flexibility index (Phi) is 45.0. The third-order valence-corrected chi connectivity index (χ3v) is 12.7. The van der Waals surface area contributed by atoms with Gasteiger partial charge < -0.3 is 19.8 Å². The lowest BCUT2D eigenvalue weighted by molar-refractivity contribution is -0.870. The average Bonchev–Trinajstić information content (AvgIpc) is 3.25. The number of carbonyl (C=O) groups is 1. The van der Waals surface area contributed by atoms with Gasteiger partial charge in [0.2, 0.25) is 5.91 Å². The minimum atomic E-state index is -4.34. The van der Waals surface area contributed by atoms with Gasteiger partial charge >= 0.3 is 7.82 Å². The van der Waals surface area contributed by atoms with Gasteiger partial charge in [0.05, 0.1) is 39.9 Å². The second kappa shape index (κ2) is 46.3. The number of allylic oxidation sites excluding steroid dienone is 9. The van der Waals surface area contributed by atoms with Crippen molar-refractivity contribution in [1.82, 2.24) is 5.32 Å². The van der Waals surface area contributed by atoms with Gasteiger partial charge in [-0.2, -0.15) is 0 Å². The molecule has 0 spiro atoms. The number of hydrogen-bond donors (Lipinski definition) is 3. The first kappa shape index (κ1) is 62.2. The predicted octanol–water partition coefficient (Wildman–Crippen LogP) is 15.8. The number of phosphoric ester groups is 1. The van der Waals surface area contributed by atoms with Crippen LogP contribution >= 0.6 is 7.82 Å². The molecule has 374 valence electrons. The summed E-state index contributed by atoms with van der Waals surface area (Å²) in [6.07, 6.45) is 61.7. The molecule has 0 aromatic rings. The number of nitrogens with one attached hydrogen (secondary N) is 1. The molecule has 0 fully saturated rings. The Bertz CT molecular complexity index is 1230. The van der Waals surface area contributed by atoms with E-state index in [4.69, 9.17) is 9.05 Å². The van der Waals surface area contributed by atoms with Crippen LogP contribution in [0.5, 0.6) is 0 Å². The highest BCUT2D eigenvalue weighted by atomic mass is 31.2. The first-order valence-corrected chi connectivity index (χ1v) is 28.2. The highest BCUT2D eigenvalue weighted by molar-refractivity contribution is 7.47. The van der Waals surface area contributed by atoms with E-state index in [1.54, 1.807) is 6.08 Å². The van der Waals surface area contributed by atoms with E-state index in [1.807, 2.05) is 27.2 Å². The second-order valence-electron chi connectivity index (χ2n) is 19.2. The molecule has 3 N–H and O–H groups in total. The first-order chi connectivity index (χ1) is 31.0. The summed E-state index contributed by atoms with van der Waals surface area (Å²) >= 11 is 0. The fraction of sp³-hybridized carbons (Fsp3) is 0.800. The van der Waals surface area contributed by atoms with E-state index in [0.29, 0.717) is 17.4 Å². The maximum absolute atomic E-state index is 12.9. The highest BCUT2D eigenvalue weighted by Gasteiger charge is 2.27. The van der Waals surface area contributed by atoms with Crippen molar-refractivity contribution in [2.45, 2.75) is 244 Å². The van der Waals surface area contributed by atoms with Gasteiger partial charge in [0.15, 0.2) is 0 Å². The number of amides is 1. The Balaban J connectivity index is 4.12. The highest BCUT2D eigenvalue weighted by Crippen LogP contribution is 2.43. The number of unbranched alkanes of at least 4 members (excludes halogenated alkanes) is 27. The first-order valence-electron chi connectivity index (χ1n) is 26.7. The van der Waals surface area contributed by atoms with Crippen LogP contribution in [0.2, 0.25) is 0 Å². The van der Waals surface area contributed by atoms with Crippen LogP contribution in [0.3, 0.4) is 0 Å². The molecule has 0 saturated heterocycles. The summed E-state index contributed by atoms with van der Waals surface area (Å²) < 4.78 is 23.6. The van der Waals surface area contributed by atoms with Crippen LogP contribution in [0.25, 0.3) is 0 Å². The summed E-state index contributed by atoms with van der Waals surface area (Å²) in [7, 11) is 1.57. The quantitative estimate of drug-likeness (QED) is 0.0243. The third kappa shape index (κ3) is 48.1. The molecule has 0 radical (unpaired) electrons. The minimum absolute atomic E-state index is 0.0608. The van der Waals surface area contributed by atoms with Crippen LogP contribution in [0.1, 0.15) is 232 Å². The lowest BCUT2D eigenvalue weighted by Crippen LogP contribution is -2.45. The topological polar surface area (TPSA) is 105 Å². The van der Waals surface area contributed by atoms with Crippen molar-refractivity contribution in [1.29, 1.82) is 0 Å². The monoisotopic (exact) mass is 920 g/mol. The number of aliphatic hydroxyl groups is 1. The number of hydrogen-bond acceptors (Lipinski definition) is 5. The Labute approximate surface area is 396 Å². The molecule has 3 atom stereocenters. The molecule has 0 bridgehead atoms. The zero-order chi connectivity index (χ0) is 47.1. The zero-order valence-electron chi connectivity index (χ0n) is 42.5. The van der Waals surface area contributed by atoms with E-state index in [2.05, 4.69) is 67.8 Å². The van der Waals surface area contributed by atoms with Crippen molar-refractivity contribution in [3.8, 4) is 0 Å². The molecule has 0 rings (SSSR count). The maximum Gasteiger partial charge on any atom is 0.472 e. The van der Waals surface area contributed by atoms with Gasteiger partial charge in [0.1, 0.15) is 13.2 Å². The van der Waals surface area contributed by atoms with E-state index >= 15 is 0 Å². The minimum Gasteiger partial charge on any atom is -0.387 e. The van der Waals surface area contributed by atoms with Crippen molar-refractivity contribution in [3.63, 3.8) is 0 Å². The lowest BCUT2D eigenvalue weighted by atomic mass is 10.0. The standard InChI is InChI=1S/C55H103N2O6P/c1-6-8-10-12-14-16-18-20-21-22-23-24-25-26-27-28-29-30-31-32-33-34-35-37-39-41-43-45-47-49-55(59)56-53(52-63-64(60,61)62-51-50-57(3,4)5)54(58)48-46-44-42-40-38-36-19-17-15-13-11-9-7-2/h8,10,14,16,20-21,23-24,46,48,53-54,58H,6-7,9,11-13,15,17-19,22,25-45,47,49-52H2,1-5H3,(H-,56,59,60,61)/p+1/b10-8-,16-14-,21-20-,24-23-,48-46+.